The van der Waals surface area contributed by atoms with Gasteiger partial charge in [0.2, 0.25) is 5.91 Å². The number of rotatable bonds is 7. The summed E-state index contributed by atoms with van der Waals surface area (Å²) in [7, 11) is -0.371. The van der Waals surface area contributed by atoms with Crippen molar-refractivity contribution in [3.8, 4) is 0 Å². The molecule has 0 aromatic carbocycles. The van der Waals surface area contributed by atoms with Gasteiger partial charge in [-0.2, -0.15) is 17.0 Å². The molecular weight excluding hydrogens is 328 g/mol. The highest BCUT2D eigenvalue weighted by molar-refractivity contribution is 7.86. The molecule has 0 aromatic rings. The fourth-order valence-electron chi connectivity index (χ4n) is 3.44. The first-order chi connectivity index (χ1) is 11.4. The Bertz CT molecular complexity index is 503. The van der Waals surface area contributed by atoms with E-state index in [1.807, 2.05) is 0 Å². The van der Waals surface area contributed by atoms with E-state index in [0.29, 0.717) is 19.6 Å². The fourth-order valence-corrected chi connectivity index (χ4v) is 4.63. The van der Waals surface area contributed by atoms with Crippen LogP contribution in [0.3, 0.4) is 0 Å². The summed E-state index contributed by atoms with van der Waals surface area (Å²) in [6.45, 7) is 4.85. The standard InChI is InChI=1S/C16H32N4O3S/c1-18(2)24(22,23)20-13-6-8-15(14-20)16(21)17-9-7-12-19-10-4-3-5-11-19/h15H,3-14H2,1-2H3,(H,17,21). The Kier molecular flexibility index (Phi) is 7.46. The van der Waals surface area contributed by atoms with Gasteiger partial charge in [0.15, 0.2) is 0 Å². The van der Waals surface area contributed by atoms with Crippen molar-refractivity contribution < 1.29 is 13.2 Å². The van der Waals surface area contributed by atoms with Crippen molar-refractivity contribution in [2.24, 2.45) is 5.92 Å². The molecule has 24 heavy (non-hydrogen) atoms. The number of nitrogens with zero attached hydrogens (tertiary/aromatic N) is 3. The second-order valence-electron chi connectivity index (χ2n) is 7.03. The van der Waals surface area contributed by atoms with Crippen LogP contribution in [-0.2, 0) is 15.0 Å². The highest BCUT2D eigenvalue weighted by atomic mass is 32.2. The van der Waals surface area contributed by atoms with Crippen molar-refractivity contribution in [2.75, 3.05) is 53.4 Å². The highest BCUT2D eigenvalue weighted by Gasteiger charge is 2.33. The van der Waals surface area contributed by atoms with Crippen LogP contribution in [-0.4, -0.2) is 81.2 Å². The Labute approximate surface area is 146 Å². The summed E-state index contributed by atoms with van der Waals surface area (Å²) in [6, 6.07) is 0. The van der Waals surface area contributed by atoms with Gasteiger partial charge in [0.05, 0.1) is 5.92 Å². The number of carbonyl (C=O) groups excluding carboxylic acids is 1. The summed E-state index contributed by atoms with van der Waals surface area (Å²) >= 11 is 0. The second kappa shape index (κ2) is 9.12. The monoisotopic (exact) mass is 360 g/mol. The molecule has 0 radical (unpaired) electrons. The van der Waals surface area contributed by atoms with Crippen LogP contribution < -0.4 is 5.32 Å². The van der Waals surface area contributed by atoms with Gasteiger partial charge in [-0.1, -0.05) is 6.42 Å². The normalized spacial score (nSPS) is 24.2. The van der Waals surface area contributed by atoms with E-state index >= 15 is 0 Å². The highest BCUT2D eigenvalue weighted by Crippen LogP contribution is 2.20. The number of hydrogen-bond acceptors (Lipinski definition) is 4. The van der Waals surface area contributed by atoms with E-state index in [1.165, 1.54) is 55.1 Å². The molecule has 0 aliphatic carbocycles. The first-order valence-corrected chi connectivity index (χ1v) is 10.5. The zero-order valence-electron chi connectivity index (χ0n) is 15.0. The molecule has 8 heteroatoms. The van der Waals surface area contributed by atoms with E-state index < -0.39 is 10.2 Å². The molecule has 0 saturated carbocycles. The van der Waals surface area contributed by atoms with Gasteiger partial charge >= 0.3 is 0 Å². The van der Waals surface area contributed by atoms with Crippen molar-refractivity contribution in [1.82, 2.24) is 18.8 Å². The first kappa shape index (κ1) is 19.6. The summed E-state index contributed by atoms with van der Waals surface area (Å²) in [6.07, 6.45) is 6.35. The van der Waals surface area contributed by atoms with Gasteiger partial charge in [-0.15, -0.1) is 0 Å². The lowest BCUT2D eigenvalue weighted by Gasteiger charge is -2.32. The van der Waals surface area contributed by atoms with Crippen LogP contribution >= 0.6 is 0 Å². The number of carbonyl (C=O) groups is 1. The van der Waals surface area contributed by atoms with Crippen LogP contribution in [0.2, 0.25) is 0 Å². The molecular formula is C16H32N4O3S. The van der Waals surface area contributed by atoms with Crippen molar-refractivity contribution in [3.05, 3.63) is 0 Å². The molecule has 140 valence electrons. The fraction of sp³-hybridized carbons (Fsp3) is 0.938. The number of hydrogen-bond donors (Lipinski definition) is 1. The molecule has 1 unspecified atom stereocenters. The van der Waals surface area contributed by atoms with Gasteiger partial charge < -0.3 is 10.2 Å². The summed E-state index contributed by atoms with van der Waals surface area (Å²) in [4.78, 5) is 14.8. The molecule has 2 aliphatic rings. The quantitative estimate of drug-likeness (QED) is 0.671. The van der Waals surface area contributed by atoms with Crippen LogP contribution in [0, 0.1) is 5.92 Å². The number of piperidine rings is 2. The lowest BCUT2D eigenvalue weighted by atomic mass is 9.99. The average Bonchev–Trinajstić information content (AvgIpc) is 2.59. The lowest BCUT2D eigenvalue weighted by Crippen LogP contribution is -2.49. The number of nitrogens with one attached hydrogen (secondary N) is 1. The summed E-state index contributed by atoms with van der Waals surface area (Å²) in [5.41, 5.74) is 0. The zero-order valence-corrected chi connectivity index (χ0v) is 15.9. The van der Waals surface area contributed by atoms with Crippen molar-refractivity contribution in [2.45, 2.75) is 38.5 Å². The SMILES string of the molecule is CN(C)S(=O)(=O)N1CCCC(C(=O)NCCCN2CCCCC2)C1. The molecule has 1 N–H and O–H groups in total. The molecule has 2 saturated heterocycles. The predicted octanol–water partition coefficient (Wildman–Crippen LogP) is 0.497. The number of amides is 1. The van der Waals surface area contributed by atoms with E-state index in [0.717, 1.165) is 25.8 Å². The molecule has 2 aliphatic heterocycles. The predicted molar refractivity (Wildman–Crippen MR) is 94.8 cm³/mol. The Morgan fingerprint density at radius 2 is 1.83 bits per heavy atom. The third-order valence-corrected chi connectivity index (χ3v) is 6.85. The molecule has 2 fully saturated rings. The zero-order chi connectivity index (χ0) is 17.6. The van der Waals surface area contributed by atoms with Gasteiger partial charge in [0.1, 0.15) is 0 Å². The minimum absolute atomic E-state index is 0.00713. The average molecular weight is 361 g/mol. The van der Waals surface area contributed by atoms with Crippen molar-refractivity contribution in [3.63, 3.8) is 0 Å². The number of likely N-dealkylation sites (tertiary alicyclic amines) is 1. The molecule has 7 nitrogen and oxygen atoms in total. The van der Waals surface area contributed by atoms with Crippen LogP contribution in [0.15, 0.2) is 0 Å². The van der Waals surface area contributed by atoms with Gasteiger partial charge in [0, 0.05) is 33.7 Å². The maximum Gasteiger partial charge on any atom is 0.281 e. The van der Waals surface area contributed by atoms with E-state index in [9.17, 15) is 13.2 Å². The molecule has 0 spiro atoms. The maximum atomic E-state index is 12.3. The van der Waals surface area contributed by atoms with Gasteiger partial charge in [-0.05, 0) is 51.7 Å². The van der Waals surface area contributed by atoms with Crippen molar-refractivity contribution in [1.29, 1.82) is 0 Å². The lowest BCUT2D eigenvalue weighted by molar-refractivity contribution is -0.126. The van der Waals surface area contributed by atoms with Gasteiger partial charge in [-0.25, -0.2) is 0 Å². The van der Waals surface area contributed by atoms with Crippen LogP contribution in [0.5, 0.6) is 0 Å². The van der Waals surface area contributed by atoms with E-state index in [-0.39, 0.29) is 11.8 Å². The van der Waals surface area contributed by atoms with E-state index in [2.05, 4.69) is 10.2 Å². The molecule has 0 bridgehead atoms. The Morgan fingerprint density at radius 3 is 2.50 bits per heavy atom. The Morgan fingerprint density at radius 1 is 1.12 bits per heavy atom. The maximum absolute atomic E-state index is 12.3. The van der Waals surface area contributed by atoms with Crippen LogP contribution in [0.1, 0.15) is 38.5 Å². The molecule has 2 rings (SSSR count). The summed E-state index contributed by atoms with van der Waals surface area (Å²) in [5.74, 6) is -0.240. The third-order valence-electron chi connectivity index (χ3n) is 4.94. The van der Waals surface area contributed by atoms with Crippen molar-refractivity contribution >= 4 is 16.1 Å². The van der Waals surface area contributed by atoms with Crippen LogP contribution in [0.4, 0.5) is 0 Å². The summed E-state index contributed by atoms with van der Waals surface area (Å²) in [5, 5.41) is 2.99. The molecule has 1 amide bonds. The van der Waals surface area contributed by atoms with Gasteiger partial charge in [-0.3, -0.25) is 4.79 Å². The molecule has 1 atom stereocenters. The van der Waals surface area contributed by atoms with Gasteiger partial charge in [0.25, 0.3) is 10.2 Å². The second-order valence-corrected chi connectivity index (χ2v) is 9.18. The van der Waals surface area contributed by atoms with E-state index in [4.69, 9.17) is 0 Å². The Balaban J connectivity index is 1.71. The topological polar surface area (TPSA) is 73.0 Å². The minimum Gasteiger partial charge on any atom is -0.356 e. The smallest absolute Gasteiger partial charge is 0.281 e. The third kappa shape index (κ3) is 5.40. The minimum atomic E-state index is -3.43. The Hall–Kier alpha value is -0.700. The molecule has 2 heterocycles. The summed E-state index contributed by atoms with van der Waals surface area (Å²) < 4.78 is 27.0. The first-order valence-electron chi connectivity index (χ1n) is 9.09. The van der Waals surface area contributed by atoms with E-state index in [1.54, 1.807) is 0 Å². The largest absolute Gasteiger partial charge is 0.356 e. The molecule has 0 aromatic heterocycles. The van der Waals surface area contributed by atoms with Crippen LogP contribution in [0.25, 0.3) is 0 Å².